The van der Waals surface area contributed by atoms with Gasteiger partial charge in [0.15, 0.2) is 11.2 Å². The van der Waals surface area contributed by atoms with Gasteiger partial charge < -0.3 is 14.6 Å². The summed E-state index contributed by atoms with van der Waals surface area (Å²) in [5.41, 5.74) is -0.134. The molecule has 13 heteroatoms. The number of benzene rings is 1. The predicted octanol–water partition coefficient (Wildman–Crippen LogP) is 0.112. The van der Waals surface area contributed by atoms with Gasteiger partial charge >= 0.3 is 5.69 Å². The molecule has 0 radical (unpaired) electrons. The molecule has 0 fully saturated rings. The number of hydrogen-bond donors (Lipinski definition) is 1. The highest BCUT2D eigenvalue weighted by molar-refractivity contribution is 7.89. The van der Waals surface area contributed by atoms with Crippen LogP contribution in [-0.2, 0) is 35.5 Å². The zero-order chi connectivity index (χ0) is 24.5. The Morgan fingerprint density at radius 2 is 1.88 bits per heavy atom. The van der Waals surface area contributed by atoms with E-state index in [1.165, 1.54) is 64.4 Å². The molecule has 0 aliphatic carbocycles. The van der Waals surface area contributed by atoms with E-state index in [9.17, 15) is 22.8 Å². The van der Waals surface area contributed by atoms with E-state index in [1.807, 2.05) is 0 Å². The summed E-state index contributed by atoms with van der Waals surface area (Å²) in [5, 5.41) is 2.68. The van der Waals surface area contributed by atoms with Crippen LogP contribution in [-0.4, -0.2) is 58.5 Å². The van der Waals surface area contributed by atoms with Crippen molar-refractivity contribution >= 4 is 32.8 Å². The van der Waals surface area contributed by atoms with Gasteiger partial charge in [-0.3, -0.25) is 18.7 Å². The SMILES string of the molecule is COc1ccc(S(=O)(=O)N(C)C)cc1NC(=O)CCCn1cnc2c1c(=O)n(C)c(=O)n2C. The Morgan fingerprint density at radius 3 is 2.52 bits per heavy atom. The Kier molecular flexibility index (Phi) is 6.74. The number of nitrogens with one attached hydrogen (secondary N) is 1. The summed E-state index contributed by atoms with van der Waals surface area (Å²) in [5.74, 6) is -0.0245. The maximum Gasteiger partial charge on any atom is 0.332 e. The molecule has 2 heterocycles. The van der Waals surface area contributed by atoms with Gasteiger partial charge in [-0.1, -0.05) is 0 Å². The fourth-order valence-corrected chi connectivity index (χ4v) is 4.27. The monoisotopic (exact) mass is 478 g/mol. The van der Waals surface area contributed by atoms with Gasteiger partial charge in [-0.05, 0) is 24.6 Å². The van der Waals surface area contributed by atoms with E-state index in [-0.39, 0.29) is 34.1 Å². The highest BCUT2D eigenvalue weighted by Gasteiger charge is 2.20. The van der Waals surface area contributed by atoms with E-state index in [2.05, 4.69) is 10.3 Å². The van der Waals surface area contributed by atoms with E-state index >= 15 is 0 Å². The molecule has 1 aromatic carbocycles. The average molecular weight is 479 g/mol. The minimum absolute atomic E-state index is 0.0231. The number of anilines is 1. The molecular weight excluding hydrogens is 452 g/mol. The second-order valence-corrected chi connectivity index (χ2v) is 9.77. The molecule has 3 rings (SSSR count). The fraction of sp³-hybridized carbons (Fsp3) is 0.400. The summed E-state index contributed by atoms with van der Waals surface area (Å²) in [6.07, 6.45) is 1.93. The summed E-state index contributed by atoms with van der Waals surface area (Å²) in [6, 6.07) is 4.23. The van der Waals surface area contributed by atoms with Crippen LogP contribution < -0.4 is 21.3 Å². The van der Waals surface area contributed by atoms with Crippen LogP contribution in [0.5, 0.6) is 5.75 Å². The number of rotatable bonds is 8. The predicted molar refractivity (Wildman–Crippen MR) is 122 cm³/mol. The van der Waals surface area contributed by atoms with Crippen molar-refractivity contribution in [2.45, 2.75) is 24.3 Å². The third kappa shape index (κ3) is 4.54. The molecule has 0 spiro atoms. The van der Waals surface area contributed by atoms with Crippen molar-refractivity contribution in [2.75, 3.05) is 26.5 Å². The Hall–Kier alpha value is -3.45. The smallest absolute Gasteiger partial charge is 0.332 e. The lowest BCUT2D eigenvalue weighted by Gasteiger charge is -2.15. The van der Waals surface area contributed by atoms with Gasteiger partial charge in [0.25, 0.3) is 5.56 Å². The number of aryl methyl sites for hydroxylation is 2. The van der Waals surface area contributed by atoms with Crippen molar-refractivity contribution in [3.8, 4) is 5.75 Å². The first-order valence-electron chi connectivity index (χ1n) is 10.00. The van der Waals surface area contributed by atoms with Crippen LogP contribution in [0.1, 0.15) is 12.8 Å². The number of carbonyl (C=O) groups excluding carboxylic acids is 1. The Bertz CT molecular complexity index is 1430. The van der Waals surface area contributed by atoms with E-state index < -0.39 is 21.3 Å². The molecule has 12 nitrogen and oxygen atoms in total. The Balaban J connectivity index is 1.75. The second-order valence-electron chi connectivity index (χ2n) is 7.62. The second kappa shape index (κ2) is 9.19. The van der Waals surface area contributed by atoms with Gasteiger partial charge in [0, 0.05) is 41.2 Å². The van der Waals surface area contributed by atoms with E-state index in [0.717, 1.165) is 8.87 Å². The highest BCUT2D eigenvalue weighted by Crippen LogP contribution is 2.28. The quantitative estimate of drug-likeness (QED) is 0.485. The van der Waals surface area contributed by atoms with Crippen LogP contribution >= 0.6 is 0 Å². The lowest BCUT2D eigenvalue weighted by atomic mass is 10.2. The third-order valence-corrected chi connectivity index (χ3v) is 7.05. The molecule has 0 saturated heterocycles. The average Bonchev–Trinajstić information content (AvgIpc) is 3.20. The van der Waals surface area contributed by atoms with Gasteiger partial charge in [0.05, 0.1) is 24.0 Å². The molecule has 2 aromatic heterocycles. The third-order valence-electron chi connectivity index (χ3n) is 5.24. The van der Waals surface area contributed by atoms with Crippen molar-refractivity contribution in [3.05, 3.63) is 45.4 Å². The van der Waals surface area contributed by atoms with Crippen LogP contribution in [0.15, 0.2) is 39.0 Å². The van der Waals surface area contributed by atoms with E-state index in [1.54, 1.807) is 4.57 Å². The van der Waals surface area contributed by atoms with Crippen molar-refractivity contribution < 1.29 is 17.9 Å². The summed E-state index contributed by atoms with van der Waals surface area (Å²) >= 11 is 0. The maximum atomic E-state index is 12.5. The maximum absolute atomic E-state index is 12.5. The molecule has 3 aromatic rings. The summed E-state index contributed by atoms with van der Waals surface area (Å²) in [6.45, 7) is 0.323. The molecule has 178 valence electrons. The van der Waals surface area contributed by atoms with Crippen molar-refractivity contribution in [2.24, 2.45) is 14.1 Å². The van der Waals surface area contributed by atoms with Crippen LogP contribution in [0.4, 0.5) is 5.69 Å². The van der Waals surface area contributed by atoms with Gasteiger partial charge in [-0.2, -0.15) is 0 Å². The lowest BCUT2D eigenvalue weighted by Crippen LogP contribution is -2.37. The zero-order valence-electron chi connectivity index (χ0n) is 19.0. The number of methoxy groups -OCH3 is 1. The summed E-state index contributed by atoms with van der Waals surface area (Å²) < 4.78 is 35.0. The minimum Gasteiger partial charge on any atom is -0.495 e. The van der Waals surface area contributed by atoms with Crippen LogP contribution in [0.25, 0.3) is 11.2 Å². The normalized spacial score (nSPS) is 11.8. The first-order valence-corrected chi connectivity index (χ1v) is 11.4. The molecule has 0 saturated carbocycles. The Labute approximate surface area is 190 Å². The number of aromatic nitrogens is 4. The largest absolute Gasteiger partial charge is 0.495 e. The van der Waals surface area contributed by atoms with Crippen LogP contribution in [0.2, 0.25) is 0 Å². The van der Waals surface area contributed by atoms with Crippen molar-refractivity contribution in [3.63, 3.8) is 0 Å². The van der Waals surface area contributed by atoms with Gasteiger partial charge in [-0.25, -0.2) is 22.5 Å². The number of fused-ring (bicyclic) bond motifs is 1. The van der Waals surface area contributed by atoms with Crippen LogP contribution in [0, 0.1) is 0 Å². The van der Waals surface area contributed by atoms with E-state index in [4.69, 9.17) is 4.74 Å². The highest BCUT2D eigenvalue weighted by atomic mass is 32.2. The minimum atomic E-state index is -3.68. The van der Waals surface area contributed by atoms with Gasteiger partial charge in [-0.15, -0.1) is 0 Å². The Morgan fingerprint density at radius 1 is 1.18 bits per heavy atom. The molecule has 33 heavy (non-hydrogen) atoms. The number of hydrogen-bond acceptors (Lipinski definition) is 7. The molecule has 0 aliphatic rings. The summed E-state index contributed by atoms with van der Waals surface area (Å²) in [4.78, 5) is 41.2. The number of ether oxygens (including phenoxy) is 1. The molecule has 1 N–H and O–H groups in total. The standard InChI is InChI=1S/C20H26N6O6S/c1-23(2)33(30,31)13-8-9-15(32-5)14(11-13)22-16(27)7-6-10-26-12-21-18-17(26)19(28)25(4)20(29)24(18)3/h8-9,11-12H,6-7,10H2,1-5H3,(H,22,27). The van der Waals surface area contributed by atoms with E-state index in [0.29, 0.717) is 18.7 Å². The molecule has 0 aliphatic heterocycles. The topological polar surface area (TPSA) is 138 Å². The van der Waals surface area contributed by atoms with Crippen molar-refractivity contribution in [1.29, 1.82) is 0 Å². The number of nitrogens with zero attached hydrogens (tertiary/aromatic N) is 5. The first-order chi connectivity index (χ1) is 15.5. The first kappa shape index (κ1) is 24.2. The lowest BCUT2D eigenvalue weighted by molar-refractivity contribution is -0.116. The molecule has 0 unspecified atom stereocenters. The number of imidazole rings is 1. The van der Waals surface area contributed by atoms with Gasteiger partial charge in [0.1, 0.15) is 5.75 Å². The molecule has 1 amide bonds. The molecule has 0 bridgehead atoms. The number of sulfonamides is 1. The van der Waals surface area contributed by atoms with Gasteiger partial charge in [0.2, 0.25) is 15.9 Å². The molecular formula is C20H26N6O6S. The van der Waals surface area contributed by atoms with Crippen LogP contribution in [0.3, 0.4) is 0 Å². The summed E-state index contributed by atoms with van der Waals surface area (Å²) in [7, 11) is 3.51. The number of carbonyl (C=O) groups is 1. The fourth-order valence-electron chi connectivity index (χ4n) is 3.35. The number of amides is 1. The molecule has 0 atom stereocenters. The van der Waals surface area contributed by atoms with Crippen molar-refractivity contribution in [1.82, 2.24) is 23.0 Å². The zero-order valence-corrected chi connectivity index (χ0v) is 19.8.